The molecule has 0 radical (unpaired) electrons. The molecule has 1 aromatic rings. The monoisotopic (exact) mass is 239 g/mol. The van der Waals surface area contributed by atoms with Gasteiger partial charge in [-0.15, -0.1) is 11.3 Å². The lowest BCUT2D eigenvalue weighted by atomic mass is 10.1. The normalized spacial score (nSPS) is 17.6. The van der Waals surface area contributed by atoms with Crippen molar-refractivity contribution in [1.29, 1.82) is 0 Å². The number of unbranched alkanes of at least 4 members (excludes halogenated alkanes) is 2. The van der Waals surface area contributed by atoms with E-state index in [2.05, 4.69) is 22.8 Å². The van der Waals surface area contributed by atoms with Crippen molar-refractivity contribution in [2.45, 2.75) is 38.1 Å². The number of aliphatic hydroxyl groups excluding tert-OH is 1. The van der Waals surface area contributed by atoms with Gasteiger partial charge in [-0.05, 0) is 56.0 Å². The van der Waals surface area contributed by atoms with Crippen LogP contribution in [0.4, 0.5) is 0 Å². The Morgan fingerprint density at radius 3 is 2.88 bits per heavy atom. The molecule has 2 rings (SSSR count). The van der Waals surface area contributed by atoms with Crippen molar-refractivity contribution in [2.24, 2.45) is 5.92 Å². The van der Waals surface area contributed by atoms with E-state index in [0.29, 0.717) is 12.6 Å². The first-order valence-electron chi connectivity index (χ1n) is 6.29. The standard InChI is InChI=1S/C13H21NOS/c15-9-3-1-2-8-14-13(11-6-7-11)12-5-4-10-16-12/h4-5,10-11,13-15H,1-3,6-9H2. The third-order valence-electron chi connectivity index (χ3n) is 3.14. The molecular weight excluding hydrogens is 218 g/mol. The van der Waals surface area contributed by atoms with Crippen molar-refractivity contribution in [3.8, 4) is 0 Å². The number of hydrogen-bond donors (Lipinski definition) is 2. The van der Waals surface area contributed by atoms with Crippen LogP contribution >= 0.6 is 11.3 Å². The van der Waals surface area contributed by atoms with Crippen LogP contribution < -0.4 is 5.32 Å². The predicted molar refractivity (Wildman–Crippen MR) is 68.7 cm³/mol. The van der Waals surface area contributed by atoms with Crippen LogP contribution in [0, 0.1) is 5.92 Å². The summed E-state index contributed by atoms with van der Waals surface area (Å²) in [7, 11) is 0. The number of aliphatic hydroxyl groups is 1. The molecule has 1 aliphatic rings. The van der Waals surface area contributed by atoms with E-state index in [1.165, 1.54) is 24.1 Å². The summed E-state index contributed by atoms with van der Waals surface area (Å²) in [5, 5.41) is 14.5. The highest BCUT2D eigenvalue weighted by molar-refractivity contribution is 7.10. The van der Waals surface area contributed by atoms with Gasteiger partial charge in [0.1, 0.15) is 0 Å². The van der Waals surface area contributed by atoms with Gasteiger partial charge in [0.05, 0.1) is 0 Å². The average molecular weight is 239 g/mol. The highest BCUT2D eigenvalue weighted by Crippen LogP contribution is 2.42. The third-order valence-corrected chi connectivity index (χ3v) is 4.10. The Morgan fingerprint density at radius 1 is 1.38 bits per heavy atom. The maximum atomic E-state index is 8.70. The van der Waals surface area contributed by atoms with Gasteiger partial charge in [0.2, 0.25) is 0 Å². The summed E-state index contributed by atoms with van der Waals surface area (Å²) in [4.78, 5) is 1.49. The Hall–Kier alpha value is -0.380. The van der Waals surface area contributed by atoms with Gasteiger partial charge in [0.25, 0.3) is 0 Å². The molecule has 1 saturated carbocycles. The lowest BCUT2D eigenvalue weighted by Crippen LogP contribution is -2.23. The van der Waals surface area contributed by atoms with E-state index in [-0.39, 0.29) is 0 Å². The molecule has 1 aliphatic carbocycles. The molecule has 1 heterocycles. The van der Waals surface area contributed by atoms with E-state index in [0.717, 1.165) is 25.3 Å². The van der Waals surface area contributed by atoms with Crippen molar-refractivity contribution in [2.75, 3.05) is 13.2 Å². The van der Waals surface area contributed by atoms with Crippen molar-refractivity contribution in [1.82, 2.24) is 5.32 Å². The van der Waals surface area contributed by atoms with Crippen LogP contribution in [0.1, 0.15) is 43.0 Å². The van der Waals surface area contributed by atoms with Crippen LogP contribution in [0.3, 0.4) is 0 Å². The maximum Gasteiger partial charge on any atom is 0.0443 e. The van der Waals surface area contributed by atoms with Gasteiger partial charge in [0.15, 0.2) is 0 Å². The Kier molecular flexibility index (Phi) is 4.82. The Balaban J connectivity index is 1.72. The minimum atomic E-state index is 0.330. The lowest BCUT2D eigenvalue weighted by Gasteiger charge is -2.16. The molecule has 3 heteroatoms. The fourth-order valence-electron chi connectivity index (χ4n) is 2.07. The maximum absolute atomic E-state index is 8.70. The minimum absolute atomic E-state index is 0.330. The Bertz CT molecular complexity index is 282. The van der Waals surface area contributed by atoms with E-state index in [9.17, 15) is 0 Å². The summed E-state index contributed by atoms with van der Waals surface area (Å²) >= 11 is 1.87. The van der Waals surface area contributed by atoms with Crippen LogP contribution in [0.5, 0.6) is 0 Å². The molecule has 0 spiro atoms. The van der Waals surface area contributed by atoms with E-state index in [1.807, 2.05) is 11.3 Å². The summed E-state index contributed by atoms with van der Waals surface area (Å²) in [6, 6.07) is 4.98. The van der Waals surface area contributed by atoms with Gasteiger partial charge >= 0.3 is 0 Å². The molecule has 1 fully saturated rings. The fourth-order valence-corrected chi connectivity index (χ4v) is 2.96. The quantitative estimate of drug-likeness (QED) is 0.684. The van der Waals surface area contributed by atoms with Gasteiger partial charge in [0, 0.05) is 17.5 Å². The molecule has 1 aromatic heterocycles. The molecule has 0 saturated heterocycles. The van der Waals surface area contributed by atoms with Crippen LogP contribution in [-0.4, -0.2) is 18.3 Å². The molecule has 90 valence electrons. The largest absolute Gasteiger partial charge is 0.396 e. The van der Waals surface area contributed by atoms with Gasteiger partial charge < -0.3 is 10.4 Å². The van der Waals surface area contributed by atoms with Gasteiger partial charge in [-0.1, -0.05) is 6.07 Å². The first kappa shape index (κ1) is 12.1. The first-order valence-corrected chi connectivity index (χ1v) is 7.17. The van der Waals surface area contributed by atoms with Crippen molar-refractivity contribution < 1.29 is 5.11 Å². The third kappa shape index (κ3) is 3.58. The van der Waals surface area contributed by atoms with Crippen LogP contribution in [-0.2, 0) is 0 Å². The number of thiophene rings is 1. The number of nitrogens with one attached hydrogen (secondary N) is 1. The second-order valence-electron chi connectivity index (χ2n) is 4.57. The summed E-state index contributed by atoms with van der Waals surface area (Å²) in [6.45, 7) is 1.41. The van der Waals surface area contributed by atoms with Crippen LogP contribution in [0.15, 0.2) is 17.5 Å². The van der Waals surface area contributed by atoms with Crippen molar-refractivity contribution >= 4 is 11.3 Å². The molecule has 16 heavy (non-hydrogen) atoms. The Labute approximate surface area is 102 Å². The predicted octanol–water partition coefficient (Wildman–Crippen LogP) is 2.95. The van der Waals surface area contributed by atoms with Gasteiger partial charge in [-0.2, -0.15) is 0 Å². The molecule has 0 aromatic carbocycles. The summed E-state index contributed by atoms with van der Waals surface area (Å²) in [5.41, 5.74) is 0. The van der Waals surface area contributed by atoms with E-state index in [4.69, 9.17) is 5.11 Å². The molecule has 0 amide bonds. The second kappa shape index (κ2) is 6.38. The summed E-state index contributed by atoms with van der Waals surface area (Å²) < 4.78 is 0. The fraction of sp³-hybridized carbons (Fsp3) is 0.692. The van der Waals surface area contributed by atoms with Gasteiger partial charge in [-0.3, -0.25) is 0 Å². The molecule has 1 atom stereocenters. The van der Waals surface area contributed by atoms with E-state index < -0.39 is 0 Å². The highest BCUT2D eigenvalue weighted by Gasteiger charge is 2.32. The zero-order valence-electron chi connectivity index (χ0n) is 9.69. The minimum Gasteiger partial charge on any atom is -0.396 e. The summed E-state index contributed by atoms with van der Waals surface area (Å²) in [5.74, 6) is 0.872. The van der Waals surface area contributed by atoms with Gasteiger partial charge in [-0.25, -0.2) is 0 Å². The SMILES string of the molecule is OCCCCCNC(c1cccs1)C1CC1. The Morgan fingerprint density at radius 2 is 2.25 bits per heavy atom. The topological polar surface area (TPSA) is 32.3 Å². The molecule has 0 aliphatic heterocycles. The number of rotatable bonds is 8. The average Bonchev–Trinajstić information content (AvgIpc) is 2.98. The molecular formula is C13H21NOS. The van der Waals surface area contributed by atoms with E-state index in [1.54, 1.807) is 0 Å². The zero-order chi connectivity index (χ0) is 11.2. The van der Waals surface area contributed by atoms with Crippen molar-refractivity contribution in [3.05, 3.63) is 22.4 Å². The second-order valence-corrected chi connectivity index (χ2v) is 5.55. The van der Waals surface area contributed by atoms with Crippen LogP contribution in [0.25, 0.3) is 0 Å². The summed E-state index contributed by atoms with van der Waals surface area (Å²) in [6.07, 6.45) is 6.01. The molecule has 2 N–H and O–H groups in total. The van der Waals surface area contributed by atoms with Crippen molar-refractivity contribution in [3.63, 3.8) is 0 Å². The molecule has 2 nitrogen and oxygen atoms in total. The molecule has 0 bridgehead atoms. The zero-order valence-corrected chi connectivity index (χ0v) is 10.5. The smallest absolute Gasteiger partial charge is 0.0443 e. The number of hydrogen-bond acceptors (Lipinski definition) is 3. The van der Waals surface area contributed by atoms with Crippen LogP contribution in [0.2, 0.25) is 0 Å². The molecule has 1 unspecified atom stereocenters. The highest BCUT2D eigenvalue weighted by atomic mass is 32.1. The van der Waals surface area contributed by atoms with E-state index >= 15 is 0 Å². The first-order chi connectivity index (χ1) is 7.92. The lowest BCUT2D eigenvalue weighted by molar-refractivity contribution is 0.282.